The molecular weight excluding hydrogens is 465 g/mol. The summed E-state index contributed by atoms with van der Waals surface area (Å²) in [5.74, 6) is -0.699. The quantitative estimate of drug-likeness (QED) is 0.371. The van der Waals surface area contributed by atoms with Crippen molar-refractivity contribution >= 4 is 28.5 Å². The molecule has 2 aliphatic rings. The minimum absolute atomic E-state index is 0.0643. The monoisotopic (exact) mass is 493 g/mol. The van der Waals surface area contributed by atoms with Crippen LogP contribution >= 0.6 is 11.5 Å². The highest BCUT2D eigenvalue weighted by Crippen LogP contribution is 2.32. The summed E-state index contributed by atoms with van der Waals surface area (Å²) < 4.78 is 29.4. The maximum absolute atomic E-state index is 14.3. The molecule has 2 aromatic rings. The highest BCUT2D eigenvalue weighted by atomic mass is 32.1. The Labute approximate surface area is 200 Å². The number of nitrogens with zero attached hydrogens (tertiary/aromatic N) is 2. The van der Waals surface area contributed by atoms with Crippen molar-refractivity contribution < 1.29 is 28.6 Å². The first kappa shape index (κ1) is 24.2. The van der Waals surface area contributed by atoms with Gasteiger partial charge in [-0.25, -0.2) is 9.18 Å². The second-order valence-electron chi connectivity index (χ2n) is 8.33. The van der Waals surface area contributed by atoms with Gasteiger partial charge in [-0.2, -0.15) is 4.37 Å². The number of fused-ring (bicyclic) bond motifs is 1. The molecule has 0 saturated carbocycles. The van der Waals surface area contributed by atoms with Crippen LogP contribution in [-0.2, 0) is 13.0 Å². The molecular formula is C22H28FN5O5S. The normalized spacial score (nSPS) is 17.3. The van der Waals surface area contributed by atoms with Gasteiger partial charge in [0.05, 0.1) is 12.7 Å². The zero-order valence-electron chi connectivity index (χ0n) is 18.6. The number of carbonyl (C=O) groups is 2. The average molecular weight is 494 g/mol. The third kappa shape index (κ3) is 5.93. The van der Waals surface area contributed by atoms with Gasteiger partial charge in [0.2, 0.25) is 5.88 Å². The maximum atomic E-state index is 14.3. The standard InChI is InChI=1S/C22H28FN5O5S/c23-16-9-13-4-8-32-17(13)10-14(16)12-33-20-18(19(24)30)21(34-27-20)26-22(31)25-5-1-2-6-28-7-3-15(29)11-28/h9-10,15,29H,1-8,11-12H2,(H2,24,30)(H2,25,26,31)/t15-/m1/s1. The number of hydrogen-bond acceptors (Lipinski definition) is 8. The Bertz CT molecular complexity index is 1050. The van der Waals surface area contributed by atoms with Crippen LogP contribution in [0.2, 0.25) is 0 Å². The summed E-state index contributed by atoms with van der Waals surface area (Å²) in [6.45, 7) is 3.26. The van der Waals surface area contributed by atoms with Gasteiger partial charge in [-0.1, -0.05) is 0 Å². The summed E-state index contributed by atoms with van der Waals surface area (Å²) in [7, 11) is 0. The van der Waals surface area contributed by atoms with Crippen LogP contribution in [0.4, 0.5) is 14.2 Å². The van der Waals surface area contributed by atoms with E-state index < -0.39 is 17.8 Å². The SMILES string of the molecule is NC(=O)c1c(OCc2cc3c(cc2F)CCO3)nsc1NC(=O)NCCCCN1CC[C@@H](O)C1. The van der Waals surface area contributed by atoms with E-state index in [0.717, 1.165) is 49.4 Å². The number of aliphatic hydroxyl groups is 1. The highest BCUT2D eigenvalue weighted by Gasteiger charge is 2.23. The second kappa shape index (κ2) is 11.0. The lowest BCUT2D eigenvalue weighted by molar-refractivity contribution is 0.0996. The number of likely N-dealkylation sites (tertiary alicyclic amines) is 1. The number of primary amides is 1. The third-order valence-electron chi connectivity index (χ3n) is 5.79. The van der Waals surface area contributed by atoms with Crippen molar-refractivity contribution in [3.63, 3.8) is 0 Å². The molecule has 0 bridgehead atoms. The first-order chi connectivity index (χ1) is 16.4. The van der Waals surface area contributed by atoms with Crippen LogP contribution in [0.1, 0.15) is 40.7 Å². The van der Waals surface area contributed by atoms with Crippen molar-refractivity contribution in [2.24, 2.45) is 5.73 Å². The number of halogens is 1. The van der Waals surface area contributed by atoms with Gasteiger partial charge in [0, 0.05) is 37.2 Å². The molecule has 4 rings (SSSR count). The van der Waals surface area contributed by atoms with Crippen LogP contribution in [0.5, 0.6) is 11.6 Å². The predicted octanol–water partition coefficient (Wildman–Crippen LogP) is 1.86. The van der Waals surface area contributed by atoms with Crippen molar-refractivity contribution in [1.29, 1.82) is 0 Å². The van der Waals surface area contributed by atoms with Gasteiger partial charge in [-0.3, -0.25) is 10.1 Å². The van der Waals surface area contributed by atoms with Gasteiger partial charge in [0.1, 0.15) is 28.7 Å². The van der Waals surface area contributed by atoms with E-state index in [0.29, 0.717) is 31.9 Å². The Hall–Kier alpha value is -2.96. The summed E-state index contributed by atoms with van der Waals surface area (Å²) in [5.41, 5.74) is 6.48. The van der Waals surface area contributed by atoms with Crippen LogP contribution < -0.4 is 25.8 Å². The number of aliphatic hydroxyl groups excluding tert-OH is 1. The average Bonchev–Trinajstić information content (AvgIpc) is 3.51. The largest absolute Gasteiger partial charge is 0.493 e. The van der Waals surface area contributed by atoms with Crippen molar-refractivity contribution in [2.75, 3.05) is 38.1 Å². The number of rotatable bonds is 10. The number of β-amino-alcohol motifs (C(OH)–C–C–N with tert-alkyl or cyclic N) is 1. The fraction of sp³-hybridized carbons (Fsp3) is 0.500. The van der Waals surface area contributed by atoms with E-state index in [1.54, 1.807) is 6.07 Å². The lowest BCUT2D eigenvalue weighted by atomic mass is 10.1. The van der Waals surface area contributed by atoms with E-state index in [-0.39, 0.29) is 34.7 Å². The Morgan fingerprint density at radius 1 is 1.38 bits per heavy atom. The number of nitrogens with two attached hydrogens (primary N) is 1. The molecule has 1 aromatic heterocycles. The third-order valence-corrected chi connectivity index (χ3v) is 6.54. The van der Waals surface area contributed by atoms with E-state index in [4.69, 9.17) is 15.2 Å². The molecule has 12 heteroatoms. The topological polar surface area (TPSA) is 139 Å². The van der Waals surface area contributed by atoms with Crippen molar-refractivity contribution in [1.82, 2.24) is 14.6 Å². The molecule has 0 spiro atoms. The summed E-state index contributed by atoms with van der Waals surface area (Å²) in [6.07, 6.45) is 2.89. The lowest BCUT2D eigenvalue weighted by Crippen LogP contribution is -2.31. The zero-order chi connectivity index (χ0) is 24.1. The number of carbonyl (C=O) groups excluding carboxylic acids is 2. The van der Waals surface area contributed by atoms with Crippen LogP contribution in [0, 0.1) is 5.82 Å². The maximum Gasteiger partial charge on any atom is 0.319 e. The van der Waals surface area contributed by atoms with Crippen molar-refractivity contribution in [3.8, 4) is 11.6 Å². The van der Waals surface area contributed by atoms with Gasteiger partial charge in [0.15, 0.2) is 0 Å². The first-order valence-electron chi connectivity index (χ1n) is 11.2. The number of nitrogens with one attached hydrogen (secondary N) is 2. The first-order valence-corrected chi connectivity index (χ1v) is 12.0. The van der Waals surface area contributed by atoms with Gasteiger partial charge in [-0.15, -0.1) is 0 Å². The minimum atomic E-state index is -0.815. The molecule has 2 aliphatic heterocycles. The zero-order valence-corrected chi connectivity index (χ0v) is 19.5. The molecule has 34 heavy (non-hydrogen) atoms. The van der Waals surface area contributed by atoms with Gasteiger partial charge in [-0.05, 0) is 49.5 Å². The van der Waals surface area contributed by atoms with E-state index >= 15 is 0 Å². The molecule has 1 fully saturated rings. The number of urea groups is 1. The van der Waals surface area contributed by atoms with Gasteiger partial charge < -0.3 is 30.5 Å². The second-order valence-corrected chi connectivity index (χ2v) is 9.10. The number of benzene rings is 1. The molecule has 0 unspecified atom stereocenters. The molecule has 1 aromatic carbocycles. The van der Waals surface area contributed by atoms with Crippen LogP contribution in [-0.4, -0.2) is 65.2 Å². The van der Waals surface area contributed by atoms with Crippen molar-refractivity contribution in [2.45, 2.75) is 38.4 Å². The molecule has 0 aliphatic carbocycles. The van der Waals surface area contributed by atoms with E-state index in [2.05, 4.69) is 19.9 Å². The summed E-state index contributed by atoms with van der Waals surface area (Å²) in [4.78, 5) is 26.4. The summed E-state index contributed by atoms with van der Waals surface area (Å²) >= 11 is 0.856. The fourth-order valence-electron chi connectivity index (χ4n) is 4.00. The number of hydrogen-bond donors (Lipinski definition) is 4. The number of aromatic nitrogens is 1. The minimum Gasteiger partial charge on any atom is -0.493 e. The number of ether oxygens (including phenoxy) is 2. The molecule has 1 atom stereocenters. The van der Waals surface area contributed by atoms with Crippen LogP contribution in [0.25, 0.3) is 0 Å². The van der Waals surface area contributed by atoms with E-state index in [1.807, 2.05) is 0 Å². The molecule has 5 N–H and O–H groups in total. The van der Waals surface area contributed by atoms with Gasteiger partial charge in [0.25, 0.3) is 5.91 Å². The number of anilines is 1. The Balaban J connectivity index is 1.27. The smallest absolute Gasteiger partial charge is 0.319 e. The number of amides is 3. The van der Waals surface area contributed by atoms with Crippen molar-refractivity contribution in [3.05, 3.63) is 34.6 Å². The predicted molar refractivity (Wildman–Crippen MR) is 124 cm³/mol. The van der Waals surface area contributed by atoms with Crippen LogP contribution in [0.3, 0.4) is 0 Å². The molecule has 0 radical (unpaired) electrons. The molecule has 3 heterocycles. The number of unbranched alkanes of at least 4 members (excludes halogenated alkanes) is 1. The molecule has 3 amide bonds. The lowest BCUT2D eigenvalue weighted by Gasteiger charge is -2.14. The van der Waals surface area contributed by atoms with Gasteiger partial charge >= 0.3 is 6.03 Å². The Kier molecular flexibility index (Phi) is 7.80. The molecule has 1 saturated heterocycles. The highest BCUT2D eigenvalue weighted by molar-refractivity contribution is 7.11. The van der Waals surface area contributed by atoms with Crippen LogP contribution in [0.15, 0.2) is 12.1 Å². The fourth-order valence-corrected chi connectivity index (χ4v) is 4.73. The molecule has 10 nitrogen and oxygen atoms in total. The summed E-state index contributed by atoms with van der Waals surface area (Å²) in [5, 5.41) is 15.0. The van der Waals surface area contributed by atoms with E-state index in [1.165, 1.54) is 6.07 Å². The molecule has 184 valence electrons. The Morgan fingerprint density at radius 2 is 2.24 bits per heavy atom. The van der Waals surface area contributed by atoms with E-state index in [9.17, 15) is 19.1 Å². The summed E-state index contributed by atoms with van der Waals surface area (Å²) in [6, 6.07) is 2.51. The Morgan fingerprint density at radius 3 is 3.00 bits per heavy atom.